The number of fused-ring (bicyclic) bond motifs is 3. The fourth-order valence-corrected chi connectivity index (χ4v) is 3.19. The zero-order chi connectivity index (χ0) is 15.8. The minimum Gasteiger partial charge on any atom is -0.280 e. The van der Waals surface area contributed by atoms with E-state index in [0.717, 1.165) is 33.0 Å². The summed E-state index contributed by atoms with van der Waals surface area (Å²) in [5, 5.41) is 8.40. The van der Waals surface area contributed by atoms with E-state index in [-0.39, 0.29) is 5.88 Å². The van der Waals surface area contributed by atoms with E-state index in [4.69, 9.17) is 16.6 Å². The minimum atomic E-state index is 0.290. The van der Waals surface area contributed by atoms with Gasteiger partial charge in [-0.2, -0.15) is 0 Å². The maximum atomic E-state index is 6.03. The molecule has 1 aliphatic rings. The summed E-state index contributed by atoms with van der Waals surface area (Å²) in [4.78, 5) is 9.17. The molecule has 4 rings (SSSR count). The Labute approximate surface area is 146 Å². The van der Waals surface area contributed by atoms with E-state index < -0.39 is 0 Å². The average molecular weight is 389 g/mol. The topological polar surface area (TPSA) is 56.0 Å². The molecule has 0 atom stereocenters. The highest BCUT2D eigenvalue weighted by atomic mass is 79.9. The molecule has 3 heterocycles. The zero-order valence-corrected chi connectivity index (χ0v) is 14.3. The smallest absolute Gasteiger partial charge is 0.159 e. The quantitative estimate of drug-likeness (QED) is 0.631. The van der Waals surface area contributed by atoms with Gasteiger partial charge in [0.25, 0.3) is 0 Å². The van der Waals surface area contributed by atoms with Crippen LogP contribution in [0.15, 0.2) is 52.1 Å². The first-order valence-corrected chi connectivity index (χ1v) is 8.36. The van der Waals surface area contributed by atoms with Gasteiger partial charge in [-0.1, -0.05) is 22.0 Å². The summed E-state index contributed by atoms with van der Waals surface area (Å²) in [7, 11) is 0. The predicted molar refractivity (Wildman–Crippen MR) is 92.2 cm³/mol. The number of aliphatic imine (C=N–C) groups is 1. The van der Waals surface area contributed by atoms with Crippen molar-refractivity contribution in [3.63, 3.8) is 0 Å². The lowest BCUT2D eigenvalue weighted by molar-refractivity contribution is 0.858. The number of nitrogens with zero attached hydrogens (tertiary/aromatic N) is 5. The highest BCUT2D eigenvalue weighted by Gasteiger charge is 2.23. The number of aromatic nitrogens is 4. The minimum absolute atomic E-state index is 0.290. The molecule has 0 bridgehead atoms. The molecule has 0 saturated heterocycles. The first-order valence-electron chi connectivity index (χ1n) is 7.03. The molecule has 2 aromatic heterocycles. The number of hydrogen-bond donors (Lipinski definition) is 0. The Bertz CT molecular complexity index is 904. The summed E-state index contributed by atoms with van der Waals surface area (Å²) in [6.45, 7) is 0.433. The first-order chi connectivity index (χ1) is 11.3. The van der Waals surface area contributed by atoms with Gasteiger partial charge in [0.1, 0.15) is 6.54 Å². The van der Waals surface area contributed by atoms with Crippen LogP contribution < -0.4 is 0 Å². The summed E-state index contributed by atoms with van der Waals surface area (Å²) < 4.78 is 2.95. The molecule has 5 nitrogen and oxygen atoms in total. The maximum absolute atomic E-state index is 6.03. The molecule has 0 N–H and O–H groups in total. The standard InChI is InChI=1S/C16H11BrClN5/c17-10-4-5-11-13(7-10)23-14(8-18)21-22-15(23)9-20-16(11)12-3-1-2-6-19-12/h1-7H,8-9H2. The molecule has 23 heavy (non-hydrogen) atoms. The first kappa shape index (κ1) is 14.5. The van der Waals surface area contributed by atoms with Crippen LogP contribution in [0, 0.1) is 0 Å². The van der Waals surface area contributed by atoms with Gasteiger partial charge in [-0.3, -0.25) is 14.5 Å². The summed E-state index contributed by atoms with van der Waals surface area (Å²) in [5.41, 5.74) is 3.62. The van der Waals surface area contributed by atoms with Gasteiger partial charge in [-0.05, 0) is 30.3 Å². The molecular weight excluding hydrogens is 378 g/mol. The van der Waals surface area contributed by atoms with E-state index in [9.17, 15) is 0 Å². The largest absolute Gasteiger partial charge is 0.280 e. The van der Waals surface area contributed by atoms with Crippen molar-refractivity contribution < 1.29 is 0 Å². The van der Waals surface area contributed by atoms with Crippen LogP contribution in [-0.2, 0) is 12.4 Å². The van der Waals surface area contributed by atoms with E-state index in [1.54, 1.807) is 6.20 Å². The Morgan fingerprint density at radius 2 is 2.09 bits per heavy atom. The Kier molecular flexibility index (Phi) is 3.71. The Hall–Kier alpha value is -2.05. The van der Waals surface area contributed by atoms with E-state index >= 15 is 0 Å². The van der Waals surface area contributed by atoms with Crippen molar-refractivity contribution in [2.75, 3.05) is 0 Å². The van der Waals surface area contributed by atoms with Crippen LogP contribution in [-0.4, -0.2) is 25.5 Å². The van der Waals surface area contributed by atoms with E-state index in [1.807, 2.05) is 41.0 Å². The number of halogens is 2. The van der Waals surface area contributed by atoms with Gasteiger partial charge in [0.15, 0.2) is 11.6 Å². The van der Waals surface area contributed by atoms with Gasteiger partial charge in [-0.25, -0.2) is 0 Å². The fourth-order valence-electron chi connectivity index (χ4n) is 2.67. The molecule has 0 saturated carbocycles. The van der Waals surface area contributed by atoms with Crippen molar-refractivity contribution in [2.45, 2.75) is 12.4 Å². The third kappa shape index (κ3) is 2.48. The van der Waals surface area contributed by atoms with Crippen molar-refractivity contribution in [3.8, 4) is 5.69 Å². The molecule has 0 fully saturated rings. The summed E-state index contributed by atoms with van der Waals surface area (Å²) in [6, 6.07) is 11.9. The second kappa shape index (κ2) is 5.86. The van der Waals surface area contributed by atoms with Crippen LogP contribution in [0.3, 0.4) is 0 Å². The number of benzene rings is 1. The van der Waals surface area contributed by atoms with Crippen LogP contribution in [0.1, 0.15) is 22.9 Å². The molecule has 1 aromatic carbocycles. The maximum Gasteiger partial charge on any atom is 0.159 e. The van der Waals surface area contributed by atoms with Crippen LogP contribution in [0.5, 0.6) is 0 Å². The molecule has 7 heteroatoms. The van der Waals surface area contributed by atoms with Crippen molar-refractivity contribution >= 4 is 33.2 Å². The molecule has 114 valence electrons. The van der Waals surface area contributed by atoms with Gasteiger partial charge >= 0.3 is 0 Å². The van der Waals surface area contributed by atoms with Crippen LogP contribution in [0.25, 0.3) is 5.69 Å². The van der Waals surface area contributed by atoms with Crippen molar-refractivity contribution in [1.82, 2.24) is 19.7 Å². The average Bonchev–Trinajstić information content (AvgIpc) is 2.93. The van der Waals surface area contributed by atoms with Gasteiger partial charge in [0.05, 0.1) is 23.0 Å². The number of alkyl halides is 1. The molecule has 3 aromatic rings. The van der Waals surface area contributed by atoms with Crippen molar-refractivity contribution in [2.24, 2.45) is 4.99 Å². The number of rotatable bonds is 2. The third-order valence-corrected chi connectivity index (χ3v) is 4.39. The molecule has 0 spiro atoms. The lowest BCUT2D eigenvalue weighted by Crippen LogP contribution is -2.10. The second-order valence-electron chi connectivity index (χ2n) is 5.04. The van der Waals surface area contributed by atoms with Gasteiger partial charge < -0.3 is 0 Å². The Morgan fingerprint density at radius 3 is 2.87 bits per heavy atom. The zero-order valence-electron chi connectivity index (χ0n) is 11.9. The predicted octanol–water partition coefficient (Wildman–Crippen LogP) is 3.51. The molecule has 0 aliphatic carbocycles. The monoisotopic (exact) mass is 387 g/mol. The van der Waals surface area contributed by atoms with Crippen LogP contribution in [0.2, 0.25) is 0 Å². The Morgan fingerprint density at radius 1 is 1.17 bits per heavy atom. The highest BCUT2D eigenvalue weighted by molar-refractivity contribution is 9.10. The normalized spacial score (nSPS) is 13.0. The summed E-state index contributed by atoms with van der Waals surface area (Å²) in [5.74, 6) is 1.77. The number of hydrogen-bond acceptors (Lipinski definition) is 4. The van der Waals surface area contributed by atoms with Gasteiger partial charge in [0.2, 0.25) is 0 Å². The molecule has 0 amide bonds. The van der Waals surface area contributed by atoms with Gasteiger partial charge in [-0.15, -0.1) is 21.8 Å². The summed E-state index contributed by atoms with van der Waals surface area (Å²) >= 11 is 9.57. The molecule has 0 radical (unpaired) electrons. The van der Waals surface area contributed by atoms with E-state index in [0.29, 0.717) is 12.4 Å². The molecular formula is C16H11BrClN5. The van der Waals surface area contributed by atoms with E-state index in [2.05, 4.69) is 31.1 Å². The lowest BCUT2D eigenvalue weighted by Gasteiger charge is -2.12. The number of pyridine rings is 1. The summed E-state index contributed by atoms with van der Waals surface area (Å²) in [6.07, 6.45) is 1.77. The van der Waals surface area contributed by atoms with Crippen molar-refractivity contribution in [3.05, 3.63) is 70.0 Å². The van der Waals surface area contributed by atoms with Crippen LogP contribution >= 0.6 is 27.5 Å². The second-order valence-corrected chi connectivity index (χ2v) is 6.23. The lowest BCUT2D eigenvalue weighted by atomic mass is 10.0. The fraction of sp³-hybridized carbons (Fsp3) is 0.125. The van der Waals surface area contributed by atoms with Gasteiger partial charge in [0, 0.05) is 16.2 Å². The Balaban J connectivity index is 2.00. The highest BCUT2D eigenvalue weighted by Crippen LogP contribution is 2.28. The SMILES string of the molecule is ClCc1nnc2n1-c1cc(Br)ccc1C(c1ccccn1)=NC2. The molecule has 0 unspecified atom stereocenters. The van der Waals surface area contributed by atoms with E-state index in [1.165, 1.54) is 0 Å². The van der Waals surface area contributed by atoms with Crippen LogP contribution in [0.4, 0.5) is 0 Å². The third-order valence-electron chi connectivity index (χ3n) is 3.66. The molecule has 1 aliphatic heterocycles. The van der Waals surface area contributed by atoms with Crippen molar-refractivity contribution in [1.29, 1.82) is 0 Å².